The van der Waals surface area contributed by atoms with Crippen LogP contribution in [0.25, 0.3) is 11.3 Å². The van der Waals surface area contributed by atoms with Gasteiger partial charge in [0.2, 0.25) is 0 Å². The van der Waals surface area contributed by atoms with E-state index in [1.54, 1.807) is 26.0 Å². The predicted molar refractivity (Wildman–Crippen MR) is 67.3 cm³/mol. The fraction of sp³-hybridized carbons (Fsp3) is 0.286. The van der Waals surface area contributed by atoms with Crippen molar-refractivity contribution in [1.82, 2.24) is 4.98 Å². The summed E-state index contributed by atoms with van der Waals surface area (Å²) in [6, 6.07) is 4.66. The molecule has 0 amide bonds. The van der Waals surface area contributed by atoms with Crippen LogP contribution in [-0.4, -0.2) is 16.1 Å². The minimum atomic E-state index is -0.893. The summed E-state index contributed by atoms with van der Waals surface area (Å²) in [5.74, 6) is -0.186. The number of hydrogen-bond donors (Lipinski definition) is 1. The number of benzene rings is 1. The van der Waals surface area contributed by atoms with Crippen LogP contribution >= 0.6 is 0 Å². The molecule has 1 aromatic heterocycles. The fourth-order valence-electron chi connectivity index (χ4n) is 1.88. The number of oxazole rings is 1. The van der Waals surface area contributed by atoms with Crippen molar-refractivity contribution in [3.8, 4) is 11.3 Å². The molecular formula is C14H14FNO3. The van der Waals surface area contributed by atoms with Gasteiger partial charge in [-0.15, -0.1) is 0 Å². The van der Waals surface area contributed by atoms with Crippen LogP contribution in [0.4, 0.5) is 4.39 Å². The molecule has 1 heterocycles. The van der Waals surface area contributed by atoms with Crippen molar-refractivity contribution in [2.45, 2.75) is 26.7 Å². The number of carboxylic acid groups (broad SMARTS) is 1. The van der Waals surface area contributed by atoms with E-state index in [4.69, 9.17) is 9.52 Å². The van der Waals surface area contributed by atoms with Crippen LogP contribution in [-0.2, 0) is 11.2 Å². The van der Waals surface area contributed by atoms with Gasteiger partial charge in [-0.25, -0.2) is 9.37 Å². The molecule has 0 fully saturated rings. The zero-order chi connectivity index (χ0) is 14.0. The van der Waals surface area contributed by atoms with E-state index in [9.17, 15) is 9.18 Å². The van der Waals surface area contributed by atoms with Crippen LogP contribution in [0.3, 0.4) is 0 Å². The van der Waals surface area contributed by atoms with Crippen molar-refractivity contribution in [3.63, 3.8) is 0 Å². The molecule has 0 aliphatic rings. The zero-order valence-corrected chi connectivity index (χ0v) is 10.7. The van der Waals surface area contributed by atoms with E-state index in [2.05, 4.69) is 4.98 Å². The summed E-state index contributed by atoms with van der Waals surface area (Å²) < 4.78 is 18.7. The van der Waals surface area contributed by atoms with Crippen molar-refractivity contribution in [2.24, 2.45) is 0 Å². The summed E-state index contributed by atoms with van der Waals surface area (Å²) in [5, 5.41) is 8.71. The lowest BCUT2D eigenvalue weighted by molar-refractivity contribution is -0.137. The first-order valence-electron chi connectivity index (χ1n) is 5.92. The fourth-order valence-corrected chi connectivity index (χ4v) is 1.88. The number of carbonyl (C=O) groups is 1. The van der Waals surface area contributed by atoms with Crippen molar-refractivity contribution >= 4 is 5.97 Å². The molecule has 19 heavy (non-hydrogen) atoms. The summed E-state index contributed by atoms with van der Waals surface area (Å²) in [4.78, 5) is 14.9. The predicted octanol–water partition coefficient (Wildman–Crippen LogP) is 3.11. The Morgan fingerprint density at radius 3 is 2.79 bits per heavy atom. The van der Waals surface area contributed by atoms with Crippen LogP contribution in [0.15, 0.2) is 22.6 Å². The molecule has 0 atom stereocenters. The van der Waals surface area contributed by atoms with Crippen LogP contribution < -0.4 is 0 Å². The molecule has 0 saturated heterocycles. The topological polar surface area (TPSA) is 63.3 Å². The maximum Gasteiger partial charge on any atom is 0.303 e. The molecular weight excluding hydrogens is 249 g/mol. The minimum Gasteiger partial charge on any atom is -0.481 e. The van der Waals surface area contributed by atoms with Crippen LogP contribution in [0, 0.1) is 19.7 Å². The number of nitrogens with zero attached hydrogens (tertiary/aromatic N) is 1. The number of hydrogen-bond acceptors (Lipinski definition) is 3. The Hall–Kier alpha value is -2.17. The van der Waals surface area contributed by atoms with Crippen molar-refractivity contribution in [1.29, 1.82) is 0 Å². The van der Waals surface area contributed by atoms with Crippen LogP contribution in [0.5, 0.6) is 0 Å². The van der Waals surface area contributed by atoms with Gasteiger partial charge in [-0.1, -0.05) is 0 Å². The number of aliphatic carboxylic acids is 1. The number of rotatable bonds is 4. The van der Waals surface area contributed by atoms with Crippen LogP contribution in [0.2, 0.25) is 0 Å². The summed E-state index contributed by atoms with van der Waals surface area (Å²) in [6.07, 6.45) is 0.240. The number of aryl methyl sites for hydroxylation is 3. The zero-order valence-electron chi connectivity index (χ0n) is 10.7. The van der Waals surface area contributed by atoms with E-state index in [1.807, 2.05) is 0 Å². The second-order valence-electron chi connectivity index (χ2n) is 4.36. The Labute approximate surface area is 109 Å². The molecule has 2 rings (SSSR count). The Kier molecular flexibility index (Phi) is 3.64. The molecule has 0 radical (unpaired) electrons. The van der Waals surface area contributed by atoms with Gasteiger partial charge in [0.15, 0.2) is 5.89 Å². The summed E-state index contributed by atoms with van der Waals surface area (Å²) in [5.41, 5.74) is 1.83. The van der Waals surface area contributed by atoms with Gasteiger partial charge in [-0.3, -0.25) is 4.79 Å². The largest absolute Gasteiger partial charge is 0.481 e. The molecule has 100 valence electrons. The lowest BCUT2D eigenvalue weighted by Gasteiger charge is -2.02. The second-order valence-corrected chi connectivity index (χ2v) is 4.36. The lowest BCUT2D eigenvalue weighted by atomic mass is 10.1. The molecule has 2 aromatic rings. The lowest BCUT2D eigenvalue weighted by Crippen LogP contribution is -1.98. The summed E-state index contributed by atoms with van der Waals surface area (Å²) in [7, 11) is 0. The van der Waals surface area contributed by atoms with Crippen molar-refractivity contribution in [2.75, 3.05) is 0 Å². The van der Waals surface area contributed by atoms with Gasteiger partial charge >= 0.3 is 5.97 Å². The quantitative estimate of drug-likeness (QED) is 0.920. The third-order valence-electron chi connectivity index (χ3n) is 2.80. The summed E-state index contributed by atoms with van der Waals surface area (Å²) in [6.45, 7) is 3.37. The highest BCUT2D eigenvalue weighted by molar-refractivity contribution is 5.68. The monoisotopic (exact) mass is 263 g/mol. The maximum atomic E-state index is 13.3. The average Bonchev–Trinajstić information content (AvgIpc) is 2.71. The molecule has 0 aliphatic carbocycles. The highest BCUT2D eigenvalue weighted by Gasteiger charge is 2.15. The van der Waals surface area contributed by atoms with Gasteiger partial charge in [0, 0.05) is 18.9 Å². The van der Waals surface area contributed by atoms with Gasteiger partial charge < -0.3 is 9.52 Å². The molecule has 4 nitrogen and oxygen atoms in total. The van der Waals surface area contributed by atoms with Gasteiger partial charge in [-0.05, 0) is 30.7 Å². The molecule has 0 bridgehead atoms. The Bertz CT molecular complexity index is 619. The molecule has 0 aliphatic heterocycles. The van der Waals surface area contributed by atoms with Gasteiger partial charge in [0.25, 0.3) is 0 Å². The number of halogens is 1. The molecule has 1 aromatic carbocycles. The first-order valence-corrected chi connectivity index (χ1v) is 5.92. The molecule has 0 spiro atoms. The molecule has 0 saturated carbocycles. The smallest absolute Gasteiger partial charge is 0.303 e. The van der Waals surface area contributed by atoms with Gasteiger partial charge in [0.05, 0.1) is 6.42 Å². The highest BCUT2D eigenvalue weighted by Crippen LogP contribution is 2.26. The molecule has 0 unspecified atom stereocenters. The van der Waals surface area contributed by atoms with Crippen LogP contribution in [0.1, 0.15) is 23.6 Å². The normalized spacial score (nSPS) is 10.7. The van der Waals surface area contributed by atoms with E-state index in [-0.39, 0.29) is 18.7 Å². The van der Waals surface area contributed by atoms with Crippen molar-refractivity contribution < 1.29 is 18.7 Å². The third-order valence-corrected chi connectivity index (χ3v) is 2.80. The standard InChI is InChI=1S/C14H14FNO3/c1-8-7-10(3-4-11(8)15)14-12(5-6-13(17)18)19-9(2)16-14/h3-4,7H,5-6H2,1-2H3,(H,17,18). The van der Waals surface area contributed by atoms with Crippen molar-refractivity contribution in [3.05, 3.63) is 41.2 Å². The first kappa shape index (κ1) is 13.3. The molecule has 5 heteroatoms. The maximum absolute atomic E-state index is 13.3. The van der Waals surface area contributed by atoms with E-state index in [0.29, 0.717) is 22.9 Å². The average molecular weight is 263 g/mol. The minimum absolute atomic E-state index is 0.0260. The Morgan fingerprint density at radius 1 is 1.42 bits per heavy atom. The van der Waals surface area contributed by atoms with E-state index >= 15 is 0 Å². The SMILES string of the molecule is Cc1nc(-c2ccc(F)c(C)c2)c(CCC(=O)O)o1. The summed E-state index contributed by atoms with van der Waals surface area (Å²) >= 11 is 0. The van der Waals surface area contributed by atoms with Gasteiger partial charge in [0.1, 0.15) is 17.3 Å². The highest BCUT2D eigenvalue weighted by atomic mass is 19.1. The second kappa shape index (κ2) is 5.22. The van der Waals surface area contributed by atoms with E-state index < -0.39 is 5.97 Å². The number of aromatic nitrogens is 1. The third kappa shape index (κ3) is 2.99. The Balaban J connectivity index is 2.37. The Morgan fingerprint density at radius 2 is 2.16 bits per heavy atom. The van der Waals surface area contributed by atoms with E-state index in [0.717, 1.165) is 5.56 Å². The first-order chi connectivity index (χ1) is 8.97. The van der Waals surface area contributed by atoms with Gasteiger partial charge in [-0.2, -0.15) is 0 Å². The number of carboxylic acids is 1. The van der Waals surface area contributed by atoms with E-state index in [1.165, 1.54) is 6.07 Å². The molecule has 1 N–H and O–H groups in total.